The average molecular weight is 288 g/mol. The quantitative estimate of drug-likeness (QED) is 0.907. The van der Waals surface area contributed by atoms with Crippen LogP contribution in [0.3, 0.4) is 0 Å². The van der Waals surface area contributed by atoms with Gasteiger partial charge in [-0.3, -0.25) is 0 Å². The van der Waals surface area contributed by atoms with Crippen molar-refractivity contribution in [3.63, 3.8) is 0 Å². The summed E-state index contributed by atoms with van der Waals surface area (Å²) in [4.78, 5) is 0. The van der Waals surface area contributed by atoms with E-state index in [9.17, 15) is 4.39 Å². The number of hydrogen-bond donors (Lipinski definition) is 1. The van der Waals surface area contributed by atoms with Crippen LogP contribution >= 0.6 is 31.9 Å². The second-order valence-electron chi connectivity index (χ2n) is 1.94. The molecule has 0 bridgehead atoms. The molecule has 11 heavy (non-hydrogen) atoms. The number of aliphatic hydroxyl groups is 1. The standard InChI is InChI=1S/C6H5Br2FO2/c7-3-1-5(4(10)2-9)11-6(3)8/h1,4,10H,2H2. The molecule has 0 saturated carbocycles. The highest BCUT2D eigenvalue weighted by Gasteiger charge is 2.13. The molecule has 0 aliphatic heterocycles. The summed E-state index contributed by atoms with van der Waals surface area (Å²) < 4.78 is 17.9. The van der Waals surface area contributed by atoms with Gasteiger partial charge in [0, 0.05) is 0 Å². The molecule has 0 radical (unpaired) electrons. The van der Waals surface area contributed by atoms with Crippen LogP contribution in [0.4, 0.5) is 4.39 Å². The summed E-state index contributed by atoms with van der Waals surface area (Å²) >= 11 is 6.21. The molecule has 1 heterocycles. The van der Waals surface area contributed by atoms with E-state index in [2.05, 4.69) is 31.9 Å². The molecule has 0 aromatic carbocycles. The van der Waals surface area contributed by atoms with Gasteiger partial charge in [-0.1, -0.05) is 0 Å². The van der Waals surface area contributed by atoms with Crippen molar-refractivity contribution < 1.29 is 13.9 Å². The lowest BCUT2D eigenvalue weighted by atomic mass is 10.3. The molecular formula is C6H5Br2FO2. The van der Waals surface area contributed by atoms with Crippen LogP contribution in [-0.2, 0) is 0 Å². The fourth-order valence-electron chi connectivity index (χ4n) is 0.604. The van der Waals surface area contributed by atoms with Gasteiger partial charge in [0.05, 0.1) is 4.47 Å². The maximum absolute atomic E-state index is 11.9. The van der Waals surface area contributed by atoms with Gasteiger partial charge >= 0.3 is 0 Å². The summed E-state index contributed by atoms with van der Waals surface area (Å²) in [6.45, 7) is -0.841. The summed E-state index contributed by atoms with van der Waals surface area (Å²) in [7, 11) is 0. The van der Waals surface area contributed by atoms with Gasteiger partial charge in [-0.2, -0.15) is 0 Å². The lowest BCUT2D eigenvalue weighted by molar-refractivity contribution is 0.117. The monoisotopic (exact) mass is 286 g/mol. The smallest absolute Gasteiger partial charge is 0.183 e. The summed E-state index contributed by atoms with van der Waals surface area (Å²) in [6, 6.07) is 1.52. The molecule has 0 aliphatic rings. The van der Waals surface area contributed by atoms with Crippen LogP contribution in [-0.4, -0.2) is 11.8 Å². The molecule has 1 atom stereocenters. The highest BCUT2D eigenvalue weighted by molar-refractivity contribution is 9.13. The van der Waals surface area contributed by atoms with Crippen LogP contribution in [0.5, 0.6) is 0 Å². The van der Waals surface area contributed by atoms with Crippen LogP contribution in [0, 0.1) is 0 Å². The zero-order chi connectivity index (χ0) is 8.43. The first-order chi connectivity index (χ1) is 5.15. The van der Waals surface area contributed by atoms with E-state index in [1.54, 1.807) is 0 Å². The van der Waals surface area contributed by atoms with Crippen molar-refractivity contribution in [3.05, 3.63) is 21.0 Å². The van der Waals surface area contributed by atoms with Crippen molar-refractivity contribution >= 4 is 31.9 Å². The lowest BCUT2D eigenvalue weighted by Crippen LogP contribution is -1.96. The summed E-state index contributed by atoms with van der Waals surface area (Å²) in [6.07, 6.45) is -1.17. The summed E-state index contributed by atoms with van der Waals surface area (Å²) in [5.74, 6) is 0.214. The molecule has 1 N–H and O–H groups in total. The van der Waals surface area contributed by atoms with Crippen molar-refractivity contribution in [2.75, 3.05) is 6.67 Å². The van der Waals surface area contributed by atoms with Gasteiger partial charge in [-0.15, -0.1) is 0 Å². The lowest BCUT2D eigenvalue weighted by Gasteiger charge is -1.98. The molecular weight excluding hydrogens is 283 g/mol. The van der Waals surface area contributed by atoms with Gasteiger partial charge in [0.25, 0.3) is 0 Å². The zero-order valence-corrected chi connectivity index (χ0v) is 8.52. The van der Waals surface area contributed by atoms with Crippen molar-refractivity contribution in [1.82, 2.24) is 0 Å². The summed E-state index contributed by atoms with van der Waals surface area (Å²) in [5, 5.41) is 8.96. The molecule has 0 amide bonds. The molecule has 1 aromatic rings. The Kier molecular flexibility index (Phi) is 3.09. The third-order valence-electron chi connectivity index (χ3n) is 1.14. The second-order valence-corrected chi connectivity index (χ2v) is 3.52. The Balaban J connectivity index is 2.88. The molecule has 1 unspecified atom stereocenters. The van der Waals surface area contributed by atoms with E-state index in [0.717, 1.165) is 0 Å². The Morgan fingerprint density at radius 2 is 2.27 bits per heavy atom. The number of hydrogen-bond acceptors (Lipinski definition) is 2. The average Bonchev–Trinajstić information content (AvgIpc) is 2.31. The first kappa shape index (κ1) is 9.22. The van der Waals surface area contributed by atoms with E-state index in [4.69, 9.17) is 9.52 Å². The molecule has 5 heteroatoms. The second kappa shape index (κ2) is 3.69. The third-order valence-corrected chi connectivity index (χ3v) is 2.85. The summed E-state index contributed by atoms with van der Waals surface area (Å²) in [5.41, 5.74) is 0. The van der Waals surface area contributed by atoms with Crippen LogP contribution in [0.15, 0.2) is 19.6 Å². The van der Waals surface area contributed by atoms with E-state index < -0.39 is 12.8 Å². The Morgan fingerprint density at radius 1 is 1.64 bits per heavy atom. The molecule has 0 saturated heterocycles. The molecule has 0 fully saturated rings. The van der Waals surface area contributed by atoms with Gasteiger partial charge in [0.2, 0.25) is 0 Å². The van der Waals surface area contributed by atoms with Gasteiger partial charge < -0.3 is 9.52 Å². The maximum Gasteiger partial charge on any atom is 0.183 e. The Bertz CT molecular complexity index is 229. The highest BCUT2D eigenvalue weighted by Crippen LogP contribution is 2.29. The van der Waals surface area contributed by atoms with Crippen molar-refractivity contribution in [1.29, 1.82) is 0 Å². The van der Waals surface area contributed by atoms with E-state index in [0.29, 0.717) is 9.14 Å². The predicted octanol–water partition coefficient (Wildman–Crippen LogP) is 2.81. The van der Waals surface area contributed by atoms with Crippen LogP contribution < -0.4 is 0 Å². The number of halogens is 3. The van der Waals surface area contributed by atoms with Crippen molar-refractivity contribution in [2.45, 2.75) is 6.10 Å². The zero-order valence-electron chi connectivity index (χ0n) is 5.35. The van der Waals surface area contributed by atoms with Gasteiger partial charge in [0.1, 0.15) is 18.5 Å². The fraction of sp³-hybridized carbons (Fsp3) is 0.333. The molecule has 62 valence electrons. The predicted molar refractivity (Wildman–Crippen MR) is 45.0 cm³/mol. The molecule has 0 spiro atoms. The largest absolute Gasteiger partial charge is 0.450 e. The molecule has 0 aliphatic carbocycles. The van der Waals surface area contributed by atoms with Gasteiger partial charge in [-0.25, -0.2) is 4.39 Å². The number of furan rings is 1. The topological polar surface area (TPSA) is 33.4 Å². The minimum Gasteiger partial charge on any atom is -0.450 e. The minimum absolute atomic E-state index is 0.214. The van der Waals surface area contributed by atoms with Crippen LogP contribution in [0.25, 0.3) is 0 Å². The number of rotatable bonds is 2. The maximum atomic E-state index is 11.9. The van der Waals surface area contributed by atoms with E-state index >= 15 is 0 Å². The van der Waals surface area contributed by atoms with E-state index in [1.807, 2.05) is 0 Å². The number of aliphatic hydroxyl groups excluding tert-OH is 1. The molecule has 1 rings (SSSR count). The van der Waals surface area contributed by atoms with E-state index in [1.165, 1.54) is 6.07 Å². The van der Waals surface area contributed by atoms with E-state index in [-0.39, 0.29) is 5.76 Å². The minimum atomic E-state index is -1.17. The Morgan fingerprint density at radius 3 is 2.64 bits per heavy atom. The SMILES string of the molecule is OC(CF)c1cc(Br)c(Br)o1. The Hall–Kier alpha value is 0.130. The van der Waals surface area contributed by atoms with Crippen molar-refractivity contribution in [2.24, 2.45) is 0 Å². The highest BCUT2D eigenvalue weighted by atomic mass is 79.9. The normalized spacial score (nSPS) is 13.5. The van der Waals surface area contributed by atoms with Crippen LogP contribution in [0.2, 0.25) is 0 Å². The third kappa shape index (κ3) is 2.04. The molecule has 1 aromatic heterocycles. The number of alkyl halides is 1. The first-order valence-corrected chi connectivity index (χ1v) is 4.42. The first-order valence-electron chi connectivity index (χ1n) is 2.84. The molecule has 2 nitrogen and oxygen atoms in total. The van der Waals surface area contributed by atoms with Gasteiger partial charge in [0.15, 0.2) is 4.67 Å². The van der Waals surface area contributed by atoms with Gasteiger partial charge in [-0.05, 0) is 37.9 Å². The van der Waals surface area contributed by atoms with Crippen molar-refractivity contribution in [3.8, 4) is 0 Å². The Labute approximate surface area is 79.7 Å². The van der Waals surface area contributed by atoms with Crippen LogP contribution in [0.1, 0.15) is 11.9 Å². The fourth-order valence-corrected chi connectivity index (χ4v) is 1.21.